The van der Waals surface area contributed by atoms with Crippen molar-refractivity contribution in [3.8, 4) is 0 Å². The van der Waals surface area contributed by atoms with Gasteiger partial charge >= 0.3 is 5.97 Å². The number of ether oxygens (including phenoxy) is 3. The van der Waals surface area contributed by atoms with Crippen molar-refractivity contribution in [1.82, 2.24) is 4.90 Å². The van der Waals surface area contributed by atoms with Crippen molar-refractivity contribution in [2.45, 2.75) is 44.4 Å². The molecule has 1 amide bonds. The molecule has 6 heteroatoms. The molecule has 2 aliphatic rings. The van der Waals surface area contributed by atoms with E-state index in [0.29, 0.717) is 5.56 Å². The van der Waals surface area contributed by atoms with Crippen molar-refractivity contribution in [2.75, 3.05) is 7.11 Å². The van der Waals surface area contributed by atoms with Gasteiger partial charge in [-0.05, 0) is 19.4 Å². The van der Waals surface area contributed by atoms with Gasteiger partial charge in [-0.15, -0.1) is 0 Å². The Hall–Kier alpha value is -1.92. The predicted molar refractivity (Wildman–Crippen MR) is 76.5 cm³/mol. The second-order valence-corrected chi connectivity index (χ2v) is 5.98. The first-order valence-corrected chi connectivity index (χ1v) is 7.14. The standard InChI is InChI=1S/C16H19NO5/c1-10(18)17-12-13(21-15(17,2)3)22-16(12,14(19)20-4)11-8-6-5-7-9-11/h5-9,12-13H,1-4H3/t12-,13-,16-/m1/s1. The SMILES string of the molecule is COC(=O)[C@]1(c2ccccc2)O[C@H]2OC(C)(C)N(C(C)=O)[C@H]21. The fraction of sp³-hybridized carbons (Fsp3) is 0.500. The third-order valence-corrected chi connectivity index (χ3v) is 4.27. The zero-order valence-corrected chi connectivity index (χ0v) is 13.0. The molecular weight excluding hydrogens is 286 g/mol. The molecular formula is C16H19NO5. The smallest absolute Gasteiger partial charge is 0.345 e. The summed E-state index contributed by atoms with van der Waals surface area (Å²) in [4.78, 5) is 26.2. The molecule has 6 nitrogen and oxygen atoms in total. The first-order valence-electron chi connectivity index (χ1n) is 7.14. The van der Waals surface area contributed by atoms with Crippen LogP contribution in [-0.2, 0) is 29.4 Å². The van der Waals surface area contributed by atoms with Gasteiger partial charge in [0.1, 0.15) is 11.8 Å². The van der Waals surface area contributed by atoms with Crippen molar-refractivity contribution < 1.29 is 23.8 Å². The topological polar surface area (TPSA) is 65.1 Å². The molecule has 22 heavy (non-hydrogen) atoms. The van der Waals surface area contributed by atoms with E-state index in [4.69, 9.17) is 14.2 Å². The lowest BCUT2D eigenvalue weighted by Crippen LogP contribution is -2.70. The molecule has 1 aromatic carbocycles. The lowest BCUT2D eigenvalue weighted by atomic mass is 9.80. The molecule has 0 saturated carbocycles. The maximum atomic E-state index is 12.5. The van der Waals surface area contributed by atoms with Crippen LogP contribution in [0.15, 0.2) is 30.3 Å². The molecule has 0 aromatic heterocycles. The molecule has 0 radical (unpaired) electrons. The van der Waals surface area contributed by atoms with E-state index >= 15 is 0 Å². The molecule has 2 fully saturated rings. The van der Waals surface area contributed by atoms with Gasteiger partial charge in [0.2, 0.25) is 11.5 Å². The highest BCUT2D eigenvalue weighted by Crippen LogP contribution is 2.53. The summed E-state index contributed by atoms with van der Waals surface area (Å²) in [5.74, 6) is -0.711. The molecule has 2 aliphatic heterocycles. The summed E-state index contributed by atoms with van der Waals surface area (Å²) in [6.45, 7) is 5.02. The highest BCUT2D eigenvalue weighted by Gasteiger charge is 2.72. The first-order chi connectivity index (χ1) is 10.3. The van der Waals surface area contributed by atoms with Crippen LogP contribution in [0.5, 0.6) is 0 Å². The van der Waals surface area contributed by atoms with Gasteiger partial charge in [-0.2, -0.15) is 0 Å². The number of rotatable bonds is 2. The second kappa shape index (κ2) is 4.79. The maximum Gasteiger partial charge on any atom is 0.345 e. The van der Waals surface area contributed by atoms with E-state index in [9.17, 15) is 9.59 Å². The van der Waals surface area contributed by atoms with E-state index in [1.165, 1.54) is 14.0 Å². The zero-order chi connectivity index (χ0) is 16.1. The van der Waals surface area contributed by atoms with Crippen LogP contribution in [0.25, 0.3) is 0 Å². The lowest BCUT2D eigenvalue weighted by Gasteiger charge is -2.50. The van der Waals surface area contributed by atoms with Gasteiger partial charge in [-0.1, -0.05) is 30.3 Å². The Morgan fingerprint density at radius 2 is 1.82 bits per heavy atom. The summed E-state index contributed by atoms with van der Waals surface area (Å²) in [5, 5.41) is 0. The number of carbonyl (C=O) groups excluding carboxylic acids is 2. The molecule has 118 valence electrons. The van der Waals surface area contributed by atoms with Crippen molar-refractivity contribution >= 4 is 11.9 Å². The van der Waals surface area contributed by atoms with Gasteiger partial charge in [0, 0.05) is 6.92 Å². The Morgan fingerprint density at radius 3 is 2.36 bits per heavy atom. The van der Waals surface area contributed by atoms with Crippen molar-refractivity contribution in [3.05, 3.63) is 35.9 Å². The fourth-order valence-electron chi connectivity index (χ4n) is 3.44. The van der Waals surface area contributed by atoms with Gasteiger partial charge in [0.15, 0.2) is 6.29 Å². The van der Waals surface area contributed by atoms with E-state index < -0.39 is 29.6 Å². The third kappa shape index (κ3) is 1.80. The summed E-state index contributed by atoms with van der Waals surface area (Å²) in [7, 11) is 1.31. The van der Waals surface area contributed by atoms with Crippen LogP contribution in [0.4, 0.5) is 0 Å². The average molecular weight is 305 g/mol. The molecule has 1 aromatic rings. The van der Waals surface area contributed by atoms with E-state index in [2.05, 4.69) is 0 Å². The Kier molecular flexibility index (Phi) is 3.27. The number of amides is 1. The maximum absolute atomic E-state index is 12.5. The largest absolute Gasteiger partial charge is 0.467 e. The van der Waals surface area contributed by atoms with Crippen LogP contribution in [0.3, 0.4) is 0 Å². The Bertz CT molecular complexity index is 614. The summed E-state index contributed by atoms with van der Waals surface area (Å²) >= 11 is 0. The molecule has 0 unspecified atom stereocenters. The summed E-state index contributed by atoms with van der Waals surface area (Å²) in [5.41, 5.74) is -1.54. The minimum Gasteiger partial charge on any atom is -0.467 e. The van der Waals surface area contributed by atoms with Crippen molar-refractivity contribution in [1.29, 1.82) is 0 Å². The van der Waals surface area contributed by atoms with Crippen LogP contribution in [0.1, 0.15) is 26.3 Å². The Morgan fingerprint density at radius 1 is 1.18 bits per heavy atom. The molecule has 2 heterocycles. The van der Waals surface area contributed by atoms with Crippen LogP contribution in [0, 0.1) is 0 Å². The van der Waals surface area contributed by atoms with Gasteiger partial charge < -0.3 is 19.1 Å². The predicted octanol–water partition coefficient (Wildman–Crippen LogP) is 1.39. The number of hydrogen-bond acceptors (Lipinski definition) is 5. The van der Waals surface area contributed by atoms with E-state index in [1.807, 2.05) is 18.2 Å². The van der Waals surface area contributed by atoms with Crippen molar-refractivity contribution in [3.63, 3.8) is 0 Å². The second-order valence-electron chi connectivity index (χ2n) is 5.98. The number of esters is 1. The first kappa shape index (κ1) is 15.0. The highest BCUT2D eigenvalue weighted by atomic mass is 16.8. The van der Waals surface area contributed by atoms with E-state index in [0.717, 1.165) is 0 Å². The summed E-state index contributed by atoms with van der Waals surface area (Å²) in [6, 6.07) is 8.51. The van der Waals surface area contributed by atoms with E-state index in [1.54, 1.807) is 30.9 Å². The number of hydrogen-bond donors (Lipinski definition) is 0. The van der Waals surface area contributed by atoms with Crippen LogP contribution < -0.4 is 0 Å². The monoisotopic (exact) mass is 305 g/mol. The third-order valence-electron chi connectivity index (χ3n) is 4.27. The van der Waals surface area contributed by atoms with E-state index in [-0.39, 0.29) is 5.91 Å². The van der Waals surface area contributed by atoms with Gasteiger partial charge in [-0.3, -0.25) is 4.79 Å². The summed E-state index contributed by atoms with van der Waals surface area (Å²) < 4.78 is 16.5. The lowest BCUT2D eigenvalue weighted by molar-refractivity contribution is -0.309. The molecule has 3 atom stereocenters. The fourth-order valence-corrected chi connectivity index (χ4v) is 3.44. The van der Waals surface area contributed by atoms with Crippen LogP contribution in [-0.4, -0.2) is 41.9 Å². The average Bonchev–Trinajstić information content (AvgIpc) is 2.69. The number of carbonyl (C=O) groups is 2. The number of fused-ring (bicyclic) bond motifs is 1. The molecule has 3 rings (SSSR count). The van der Waals surface area contributed by atoms with Crippen LogP contribution in [0.2, 0.25) is 0 Å². The van der Waals surface area contributed by atoms with Gasteiger partial charge in [0.25, 0.3) is 0 Å². The quantitative estimate of drug-likeness (QED) is 0.773. The molecule has 2 saturated heterocycles. The van der Waals surface area contributed by atoms with Crippen molar-refractivity contribution in [2.24, 2.45) is 0 Å². The highest BCUT2D eigenvalue weighted by molar-refractivity contribution is 5.86. The van der Waals surface area contributed by atoms with Crippen LogP contribution >= 0.6 is 0 Å². The minimum absolute atomic E-state index is 0.176. The molecule has 0 bridgehead atoms. The van der Waals surface area contributed by atoms with Gasteiger partial charge in [0.05, 0.1) is 7.11 Å². The Balaban J connectivity index is 2.11. The van der Waals surface area contributed by atoms with Gasteiger partial charge in [-0.25, -0.2) is 4.79 Å². The summed E-state index contributed by atoms with van der Waals surface area (Å²) in [6.07, 6.45) is -0.641. The number of benzene rings is 1. The molecule has 0 N–H and O–H groups in total. The minimum atomic E-state index is -1.35. The number of methoxy groups -OCH3 is 1. The normalized spacial score (nSPS) is 32.1. The molecule has 0 spiro atoms. The molecule has 0 aliphatic carbocycles. The number of nitrogens with zero attached hydrogens (tertiary/aromatic N) is 1. The Labute approximate surface area is 128 Å². The zero-order valence-electron chi connectivity index (χ0n) is 13.0.